The third-order valence-electron chi connectivity index (χ3n) is 12.3. The van der Waals surface area contributed by atoms with E-state index >= 15 is 0 Å². The minimum Gasteiger partial charge on any atom is -0.550 e. The molecule has 8 N–H and O–H groups in total. The number of piperidine rings is 1. The van der Waals surface area contributed by atoms with Gasteiger partial charge >= 0.3 is 0 Å². The predicted octanol–water partition coefficient (Wildman–Crippen LogP) is 2.90. The number of quaternary nitrogens is 1. The van der Waals surface area contributed by atoms with Crippen molar-refractivity contribution in [3.8, 4) is 0 Å². The molecule has 0 bridgehead atoms. The topological polar surface area (TPSA) is 164 Å². The van der Waals surface area contributed by atoms with Crippen molar-refractivity contribution < 1.29 is 35.6 Å². The summed E-state index contributed by atoms with van der Waals surface area (Å²) in [6.07, 6.45) is 19.4. The molecule has 1 spiro atoms. The van der Waals surface area contributed by atoms with Crippen LogP contribution in [0.15, 0.2) is 12.2 Å². The molecule has 10 atom stereocenters. The number of aliphatic hydroxyl groups excluding tert-OH is 3. The van der Waals surface area contributed by atoms with Gasteiger partial charge in [0.25, 0.3) is 0 Å². The van der Waals surface area contributed by atoms with Crippen LogP contribution in [0.5, 0.6) is 0 Å². The Hall–Kier alpha value is -1.03. The highest BCUT2D eigenvalue weighted by molar-refractivity contribution is 5.68. The summed E-state index contributed by atoms with van der Waals surface area (Å²) in [7, 11) is 0. The van der Waals surface area contributed by atoms with Crippen LogP contribution in [0.2, 0.25) is 0 Å². The molecule has 4 aliphatic rings. The van der Waals surface area contributed by atoms with E-state index in [1.165, 1.54) is 19.3 Å². The van der Waals surface area contributed by atoms with E-state index in [0.717, 1.165) is 83.6 Å². The lowest BCUT2D eigenvalue weighted by molar-refractivity contribution is -0.699. The van der Waals surface area contributed by atoms with Gasteiger partial charge in [-0.2, -0.15) is 0 Å². The molecule has 44 heavy (non-hydrogen) atoms. The molecule has 254 valence electrons. The first-order valence-corrected chi connectivity index (χ1v) is 18.3. The standard InChI is InChI=1S/C36H64N2O6/c1-2-3-5-10-25-13-14-27(31(40)22-25)11-6-4-7-12-29(33(41)42)30(39)15-19-36(44)24-28(21-26-16-20-38-32(37)23-26)35(34(36)43)17-8-9-18-35/h13-14,25-32,34,38-40,43-44H,2-12,15-24,37H2,1H3,(H,41,42). The molecular weight excluding hydrogens is 556 g/mol. The summed E-state index contributed by atoms with van der Waals surface area (Å²) < 4.78 is 0. The summed E-state index contributed by atoms with van der Waals surface area (Å²) >= 11 is 0. The van der Waals surface area contributed by atoms with Crippen molar-refractivity contribution in [2.45, 2.75) is 165 Å². The van der Waals surface area contributed by atoms with Crippen LogP contribution in [0.1, 0.15) is 135 Å². The Labute approximate surface area is 266 Å². The molecule has 8 nitrogen and oxygen atoms in total. The number of unbranched alkanes of at least 4 members (excludes halogenated alkanes) is 4. The summed E-state index contributed by atoms with van der Waals surface area (Å²) in [5.41, 5.74) is 4.63. The van der Waals surface area contributed by atoms with Crippen LogP contribution < -0.4 is 16.2 Å². The van der Waals surface area contributed by atoms with Gasteiger partial charge in [0, 0.05) is 29.6 Å². The van der Waals surface area contributed by atoms with Crippen LogP contribution in [0.3, 0.4) is 0 Å². The van der Waals surface area contributed by atoms with Gasteiger partial charge in [-0.3, -0.25) is 5.73 Å². The number of hydrogen-bond acceptors (Lipinski definition) is 7. The minimum atomic E-state index is -1.31. The van der Waals surface area contributed by atoms with Crippen LogP contribution in [0.4, 0.5) is 0 Å². The van der Waals surface area contributed by atoms with Gasteiger partial charge in [-0.15, -0.1) is 0 Å². The lowest BCUT2D eigenvalue weighted by atomic mass is 9.70. The van der Waals surface area contributed by atoms with Crippen molar-refractivity contribution in [2.24, 2.45) is 40.7 Å². The first kappa shape index (κ1) is 35.8. The molecule has 10 unspecified atom stereocenters. The zero-order chi connectivity index (χ0) is 31.7. The largest absolute Gasteiger partial charge is 0.550 e. The quantitative estimate of drug-likeness (QED) is 0.108. The summed E-state index contributed by atoms with van der Waals surface area (Å²) in [5, 5.41) is 59.2. The third kappa shape index (κ3) is 9.07. The molecule has 3 aliphatic carbocycles. The van der Waals surface area contributed by atoms with Gasteiger partial charge in [-0.05, 0) is 88.4 Å². The zero-order valence-electron chi connectivity index (χ0n) is 27.5. The van der Waals surface area contributed by atoms with Gasteiger partial charge in [0.05, 0.1) is 30.5 Å². The van der Waals surface area contributed by atoms with Crippen molar-refractivity contribution in [1.82, 2.24) is 0 Å². The number of aliphatic hydroxyl groups is 4. The second-order valence-corrected chi connectivity index (χ2v) is 15.4. The highest BCUT2D eigenvalue weighted by atomic mass is 16.4. The Morgan fingerprint density at radius 3 is 2.48 bits per heavy atom. The number of nitrogens with two attached hydrogens (primary N) is 2. The molecule has 1 heterocycles. The number of rotatable bonds is 17. The fourth-order valence-electron chi connectivity index (χ4n) is 9.67. The van der Waals surface area contributed by atoms with Crippen LogP contribution in [-0.4, -0.2) is 63.0 Å². The highest BCUT2D eigenvalue weighted by Crippen LogP contribution is 2.60. The van der Waals surface area contributed by atoms with Gasteiger partial charge in [0.1, 0.15) is 6.17 Å². The molecule has 0 radical (unpaired) electrons. The van der Waals surface area contributed by atoms with E-state index in [9.17, 15) is 30.3 Å². The number of aliphatic carboxylic acids is 1. The third-order valence-corrected chi connectivity index (χ3v) is 12.3. The normalized spacial score (nSPS) is 36.5. The second kappa shape index (κ2) is 16.7. The smallest absolute Gasteiger partial charge is 0.137 e. The van der Waals surface area contributed by atoms with Crippen molar-refractivity contribution >= 4 is 5.97 Å². The molecule has 4 rings (SSSR count). The first-order chi connectivity index (χ1) is 21.1. The lowest BCUT2D eigenvalue weighted by Crippen LogP contribution is -2.94. The number of carboxylic acid groups (broad SMARTS) is 1. The molecule has 1 aliphatic heterocycles. The number of allylic oxidation sites excluding steroid dienone is 1. The summed E-state index contributed by atoms with van der Waals surface area (Å²) in [5.74, 6) is -0.864. The molecule has 0 aromatic rings. The van der Waals surface area contributed by atoms with E-state index in [1.54, 1.807) is 0 Å². The lowest BCUT2D eigenvalue weighted by Gasteiger charge is -2.38. The SMILES string of the molecule is CCCCCC1C=CC(CCCCCC(C(=O)[O-])C(O)CCC2(O)CC(CC3CC[NH2+]C(N)C3)C3(CCCC3)C2O)C(O)C1. The molecular formula is C36H64N2O6. The first-order valence-electron chi connectivity index (χ1n) is 18.3. The molecule has 1 saturated heterocycles. The van der Waals surface area contributed by atoms with Crippen molar-refractivity contribution in [2.75, 3.05) is 6.54 Å². The fourth-order valence-corrected chi connectivity index (χ4v) is 9.67. The van der Waals surface area contributed by atoms with Crippen LogP contribution in [0.25, 0.3) is 0 Å². The predicted molar refractivity (Wildman–Crippen MR) is 170 cm³/mol. The van der Waals surface area contributed by atoms with Crippen LogP contribution in [0, 0.1) is 35.0 Å². The average Bonchev–Trinajstić information content (AvgIpc) is 3.55. The van der Waals surface area contributed by atoms with E-state index in [-0.39, 0.29) is 42.4 Å². The Balaban J connectivity index is 1.23. The van der Waals surface area contributed by atoms with Crippen molar-refractivity contribution in [1.29, 1.82) is 0 Å². The van der Waals surface area contributed by atoms with E-state index in [1.807, 2.05) is 0 Å². The van der Waals surface area contributed by atoms with Gasteiger partial charge in [-0.1, -0.05) is 70.4 Å². The number of carbonyl (C=O) groups excluding carboxylic acids is 1. The molecule has 0 aromatic carbocycles. The van der Waals surface area contributed by atoms with E-state index in [2.05, 4.69) is 24.4 Å². The maximum Gasteiger partial charge on any atom is 0.137 e. The maximum atomic E-state index is 12.0. The van der Waals surface area contributed by atoms with Gasteiger partial charge in [-0.25, -0.2) is 0 Å². The molecule has 2 saturated carbocycles. The van der Waals surface area contributed by atoms with E-state index in [0.29, 0.717) is 31.1 Å². The molecule has 0 aromatic heterocycles. The van der Waals surface area contributed by atoms with Crippen molar-refractivity contribution in [3.05, 3.63) is 12.2 Å². The summed E-state index contributed by atoms with van der Waals surface area (Å²) in [4.78, 5) is 12.0. The molecule has 0 amide bonds. The monoisotopic (exact) mass is 620 g/mol. The van der Waals surface area contributed by atoms with Crippen LogP contribution >= 0.6 is 0 Å². The van der Waals surface area contributed by atoms with Crippen molar-refractivity contribution in [3.63, 3.8) is 0 Å². The highest BCUT2D eigenvalue weighted by Gasteiger charge is 2.61. The fraction of sp³-hybridized carbons (Fsp3) is 0.917. The minimum absolute atomic E-state index is 0.124. The van der Waals surface area contributed by atoms with Crippen LogP contribution in [-0.2, 0) is 4.79 Å². The molecule has 3 fully saturated rings. The van der Waals surface area contributed by atoms with E-state index < -0.39 is 29.7 Å². The summed E-state index contributed by atoms with van der Waals surface area (Å²) in [6, 6.07) is 0. The van der Waals surface area contributed by atoms with Gasteiger partial charge in [0.2, 0.25) is 0 Å². The molecule has 8 heteroatoms. The number of carbonyl (C=O) groups is 1. The maximum absolute atomic E-state index is 12.0. The van der Waals surface area contributed by atoms with Gasteiger partial charge < -0.3 is 35.6 Å². The Kier molecular flexibility index (Phi) is 13.6. The zero-order valence-corrected chi connectivity index (χ0v) is 27.5. The Morgan fingerprint density at radius 1 is 1.05 bits per heavy atom. The summed E-state index contributed by atoms with van der Waals surface area (Å²) in [6.45, 7) is 3.23. The number of carboxylic acids is 1. The van der Waals surface area contributed by atoms with Gasteiger partial charge in [0.15, 0.2) is 0 Å². The second-order valence-electron chi connectivity index (χ2n) is 15.4. The Morgan fingerprint density at radius 2 is 1.80 bits per heavy atom. The average molecular weight is 621 g/mol. The number of hydrogen-bond donors (Lipinski definition) is 6. The Bertz CT molecular complexity index is 909. The van der Waals surface area contributed by atoms with E-state index in [4.69, 9.17) is 5.73 Å².